The second-order valence-electron chi connectivity index (χ2n) is 4.25. The van der Waals surface area contributed by atoms with Crippen LogP contribution in [0, 0.1) is 19.8 Å². The summed E-state index contributed by atoms with van der Waals surface area (Å²) < 4.78 is 0. The first-order valence-corrected chi connectivity index (χ1v) is 5.32. The molecule has 0 aliphatic carbocycles. The van der Waals surface area contributed by atoms with Crippen LogP contribution in [0.25, 0.3) is 0 Å². The fourth-order valence-corrected chi connectivity index (χ4v) is 1.45. The number of aromatic amines is 1. The number of amides is 1. The van der Waals surface area contributed by atoms with Gasteiger partial charge >= 0.3 is 0 Å². The van der Waals surface area contributed by atoms with Gasteiger partial charge in [-0.15, -0.1) is 0 Å². The van der Waals surface area contributed by atoms with Gasteiger partial charge in [-0.3, -0.25) is 9.89 Å². The molecular formula is C11H19N3O. The molecule has 0 aromatic carbocycles. The summed E-state index contributed by atoms with van der Waals surface area (Å²) in [6.45, 7) is 8.69. The molecule has 0 radical (unpaired) electrons. The summed E-state index contributed by atoms with van der Waals surface area (Å²) in [6.07, 6.45) is 1.00. The highest BCUT2D eigenvalue weighted by atomic mass is 16.1. The molecule has 1 aromatic rings. The van der Waals surface area contributed by atoms with Crippen LogP contribution in [0.3, 0.4) is 0 Å². The second-order valence-corrected chi connectivity index (χ2v) is 4.25. The van der Waals surface area contributed by atoms with E-state index in [4.69, 9.17) is 0 Å². The topological polar surface area (TPSA) is 57.8 Å². The molecule has 1 amide bonds. The summed E-state index contributed by atoms with van der Waals surface area (Å²) in [6, 6.07) is 0. The van der Waals surface area contributed by atoms with Crippen molar-refractivity contribution in [1.29, 1.82) is 0 Å². The summed E-state index contributed by atoms with van der Waals surface area (Å²) in [7, 11) is 0. The van der Waals surface area contributed by atoms with Crippen LogP contribution in [0.1, 0.15) is 42.0 Å². The SMILES string of the molecule is Cc1n[nH]c(C)c1C(=O)NCCC(C)C. The maximum absolute atomic E-state index is 11.8. The van der Waals surface area contributed by atoms with Crippen molar-refractivity contribution in [3.63, 3.8) is 0 Å². The number of H-pyrrole nitrogens is 1. The molecule has 0 unspecified atom stereocenters. The molecule has 0 saturated carbocycles. The van der Waals surface area contributed by atoms with Crippen molar-refractivity contribution in [2.24, 2.45) is 5.92 Å². The van der Waals surface area contributed by atoms with Crippen LogP contribution in [0.5, 0.6) is 0 Å². The molecule has 84 valence electrons. The summed E-state index contributed by atoms with van der Waals surface area (Å²) in [4.78, 5) is 11.8. The molecule has 1 heterocycles. The van der Waals surface area contributed by atoms with Gasteiger partial charge in [-0.1, -0.05) is 13.8 Å². The zero-order valence-electron chi connectivity index (χ0n) is 9.85. The normalized spacial score (nSPS) is 10.7. The molecule has 15 heavy (non-hydrogen) atoms. The first kappa shape index (κ1) is 11.8. The Balaban J connectivity index is 2.54. The van der Waals surface area contributed by atoms with E-state index >= 15 is 0 Å². The molecule has 0 bridgehead atoms. The van der Waals surface area contributed by atoms with Crippen molar-refractivity contribution in [2.45, 2.75) is 34.1 Å². The molecular weight excluding hydrogens is 190 g/mol. The Morgan fingerprint density at radius 1 is 1.47 bits per heavy atom. The van der Waals surface area contributed by atoms with Gasteiger partial charge in [0.05, 0.1) is 11.3 Å². The van der Waals surface area contributed by atoms with Gasteiger partial charge in [0.1, 0.15) is 0 Å². The van der Waals surface area contributed by atoms with Gasteiger partial charge in [-0.2, -0.15) is 5.10 Å². The largest absolute Gasteiger partial charge is 0.352 e. The van der Waals surface area contributed by atoms with Crippen molar-refractivity contribution in [2.75, 3.05) is 6.54 Å². The Labute approximate surface area is 90.5 Å². The van der Waals surface area contributed by atoms with E-state index in [9.17, 15) is 4.79 Å². The summed E-state index contributed by atoms with van der Waals surface area (Å²) in [5.41, 5.74) is 2.27. The number of aromatic nitrogens is 2. The molecule has 1 rings (SSSR count). The Bertz CT molecular complexity index is 322. The molecule has 1 aromatic heterocycles. The van der Waals surface area contributed by atoms with Crippen LogP contribution < -0.4 is 5.32 Å². The van der Waals surface area contributed by atoms with Gasteiger partial charge in [0.2, 0.25) is 0 Å². The minimum Gasteiger partial charge on any atom is -0.352 e. The Kier molecular flexibility index (Phi) is 3.88. The van der Waals surface area contributed by atoms with Crippen molar-refractivity contribution >= 4 is 5.91 Å². The van der Waals surface area contributed by atoms with E-state index < -0.39 is 0 Å². The standard InChI is InChI=1S/C11H19N3O/c1-7(2)5-6-12-11(15)10-8(3)13-14-9(10)4/h7H,5-6H2,1-4H3,(H,12,15)(H,13,14). The van der Waals surface area contributed by atoms with Gasteiger partial charge in [0.25, 0.3) is 5.91 Å². The summed E-state index contributed by atoms with van der Waals surface area (Å²) in [5.74, 6) is 0.580. The first-order chi connectivity index (χ1) is 7.02. The zero-order valence-corrected chi connectivity index (χ0v) is 9.85. The van der Waals surface area contributed by atoms with E-state index in [0.717, 1.165) is 24.4 Å². The highest BCUT2D eigenvalue weighted by molar-refractivity contribution is 5.96. The highest BCUT2D eigenvalue weighted by Crippen LogP contribution is 2.08. The fourth-order valence-electron chi connectivity index (χ4n) is 1.45. The fraction of sp³-hybridized carbons (Fsp3) is 0.636. The second kappa shape index (κ2) is 4.96. The number of rotatable bonds is 4. The van der Waals surface area contributed by atoms with E-state index in [0.29, 0.717) is 11.5 Å². The lowest BCUT2D eigenvalue weighted by molar-refractivity contribution is 0.0951. The van der Waals surface area contributed by atoms with Crippen molar-refractivity contribution in [3.8, 4) is 0 Å². The lowest BCUT2D eigenvalue weighted by Gasteiger charge is -2.06. The Hall–Kier alpha value is -1.32. The monoisotopic (exact) mass is 209 g/mol. The van der Waals surface area contributed by atoms with Gasteiger partial charge < -0.3 is 5.32 Å². The quantitative estimate of drug-likeness (QED) is 0.794. The number of nitrogens with zero attached hydrogens (tertiary/aromatic N) is 1. The van der Waals surface area contributed by atoms with E-state index in [-0.39, 0.29) is 5.91 Å². The molecule has 4 nitrogen and oxygen atoms in total. The number of aryl methyl sites for hydroxylation is 2. The van der Waals surface area contributed by atoms with Crippen LogP contribution in [0.2, 0.25) is 0 Å². The summed E-state index contributed by atoms with van der Waals surface area (Å²) in [5, 5.41) is 9.70. The molecule has 0 fully saturated rings. The molecule has 2 N–H and O–H groups in total. The van der Waals surface area contributed by atoms with E-state index in [2.05, 4.69) is 29.4 Å². The molecule has 0 aliphatic rings. The minimum atomic E-state index is -0.0283. The van der Waals surface area contributed by atoms with Crippen LogP contribution in [-0.2, 0) is 0 Å². The third-order valence-electron chi connectivity index (χ3n) is 2.36. The molecule has 4 heteroatoms. The van der Waals surface area contributed by atoms with Crippen LogP contribution in [0.15, 0.2) is 0 Å². The van der Waals surface area contributed by atoms with Gasteiger partial charge in [-0.05, 0) is 26.2 Å². The van der Waals surface area contributed by atoms with Gasteiger partial charge in [-0.25, -0.2) is 0 Å². The Morgan fingerprint density at radius 3 is 2.60 bits per heavy atom. The van der Waals surface area contributed by atoms with Gasteiger partial charge in [0.15, 0.2) is 0 Å². The van der Waals surface area contributed by atoms with Crippen molar-refractivity contribution < 1.29 is 4.79 Å². The lowest BCUT2D eigenvalue weighted by atomic mass is 10.1. The predicted molar refractivity (Wildman–Crippen MR) is 59.8 cm³/mol. The number of hydrogen-bond acceptors (Lipinski definition) is 2. The molecule has 0 saturated heterocycles. The molecule has 0 atom stereocenters. The van der Waals surface area contributed by atoms with Gasteiger partial charge in [0, 0.05) is 12.2 Å². The molecule has 0 spiro atoms. The number of nitrogens with one attached hydrogen (secondary N) is 2. The van der Waals surface area contributed by atoms with Crippen LogP contribution >= 0.6 is 0 Å². The van der Waals surface area contributed by atoms with Crippen LogP contribution in [-0.4, -0.2) is 22.6 Å². The maximum Gasteiger partial charge on any atom is 0.255 e. The number of hydrogen-bond donors (Lipinski definition) is 2. The number of carbonyl (C=O) groups is 1. The van der Waals surface area contributed by atoms with Crippen molar-refractivity contribution in [1.82, 2.24) is 15.5 Å². The third-order valence-corrected chi connectivity index (χ3v) is 2.36. The average Bonchev–Trinajstić information content (AvgIpc) is 2.45. The van der Waals surface area contributed by atoms with E-state index in [1.54, 1.807) is 0 Å². The Morgan fingerprint density at radius 2 is 2.13 bits per heavy atom. The predicted octanol–water partition coefficient (Wildman–Crippen LogP) is 1.80. The zero-order chi connectivity index (χ0) is 11.4. The van der Waals surface area contributed by atoms with E-state index in [1.807, 2.05) is 13.8 Å². The molecule has 0 aliphatic heterocycles. The third kappa shape index (κ3) is 3.08. The first-order valence-electron chi connectivity index (χ1n) is 5.32. The number of carbonyl (C=O) groups excluding carboxylic acids is 1. The summed E-state index contributed by atoms with van der Waals surface area (Å²) >= 11 is 0. The average molecular weight is 209 g/mol. The minimum absolute atomic E-state index is 0.0283. The smallest absolute Gasteiger partial charge is 0.255 e. The highest BCUT2D eigenvalue weighted by Gasteiger charge is 2.14. The lowest BCUT2D eigenvalue weighted by Crippen LogP contribution is -2.26. The van der Waals surface area contributed by atoms with Crippen LogP contribution in [0.4, 0.5) is 0 Å². The maximum atomic E-state index is 11.8. The van der Waals surface area contributed by atoms with E-state index in [1.165, 1.54) is 0 Å². The van der Waals surface area contributed by atoms with Crippen molar-refractivity contribution in [3.05, 3.63) is 17.0 Å².